The van der Waals surface area contributed by atoms with Crippen LogP contribution in [0.5, 0.6) is 0 Å². The first-order chi connectivity index (χ1) is 25.2. The van der Waals surface area contributed by atoms with Gasteiger partial charge in [-0.1, -0.05) is 138 Å². The molecule has 284 valence electrons. The van der Waals surface area contributed by atoms with E-state index in [4.69, 9.17) is 18.3 Å². The summed E-state index contributed by atoms with van der Waals surface area (Å²) >= 11 is 0. The Morgan fingerprint density at radius 2 is 1.28 bits per heavy atom. The fourth-order valence-electron chi connectivity index (χ4n) is 6.89. The number of rotatable bonds is 16. The van der Waals surface area contributed by atoms with Crippen LogP contribution in [-0.2, 0) is 37.5 Å². The zero-order chi connectivity index (χ0) is 39.0. The predicted octanol–water partition coefficient (Wildman–Crippen LogP) is 4.46. The lowest BCUT2D eigenvalue weighted by molar-refractivity contribution is -0.174. The highest BCUT2D eigenvalue weighted by atomic mass is 31.2. The zero-order valence-corrected chi connectivity index (χ0v) is 36.0. The minimum Gasteiger partial charge on any atom is -0.457 e. The van der Waals surface area contributed by atoms with Gasteiger partial charge in [0.2, 0.25) is 5.91 Å². The summed E-state index contributed by atoms with van der Waals surface area (Å²) < 4.78 is 23.7. The molecule has 53 heavy (non-hydrogen) atoms. The van der Waals surface area contributed by atoms with Gasteiger partial charge >= 0.3 is 17.9 Å². The maximum Gasteiger partial charge on any atom is 0.356 e. The van der Waals surface area contributed by atoms with Gasteiger partial charge in [-0.15, -0.1) is 0 Å². The van der Waals surface area contributed by atoms with E-state index in [1.165, 1.54) is 11.0 Å². The largest absolute Gasteiger partial charge is 0.457 e. The van der Waals surface area contributed by atoms with E-state index in [1.54, 1.807) is 20.8 Å². The molecule has 3 atom stereocenters. The highest BCUT2D eigenvalue weighted by Gasteiger charge is 2.59. The standard InChI is InChI=1S/C41H54NO8PSi2/c1-10-26-47-37(45)36(51(29-20-14-11-15-21-29,30-22-16-12-17-23-30)31-24-18-13-19-25-31)42-32(27-33(43)48-38(46)40(3,4)5)34(35(42)44)28(2)41(6,7)39(49-52-8)50-53-9/h10-25,28,32,34,39H,1,26-27,52-53H2,2-9H3/t28-,32-,34+/m1/s1. The molecule has 1 fully saturated rings. The Morgan fingerprint density at radius 3 is 1.68 bits per heavy atom. The molecule has 0 radical (unpaired) electrons. The maximum atomic E-state index is 15.1. The van der Waals surface area contributed by atoms with Crippen LogP contribution in [0.4, 0.5) is 0 Å². The van der Waals surface area contributed by atoms with E-state index in [2.05, 4.69) is 6.58 Å². The van der Waals surface area contributed by atoms with Crippen LogP contribution < -0.4 is 15.9 Å². The van der Waals surface area contributed by atoms with Crippen molar-refractivity contribution in [3.8, 4) is 0 Å². The molecule has 1 heterocycles. The van der Waals surface area contributed by atoms with E-state index in [0.717, 1.165) is 15.9 Å². The van der Waals surface area contributed by atoms with E-state index < -0.39 is 73.4 Å². The van der Waals surface area contributed by atoms with Gasteiger partial charge in [0.1, 0.15) is 18.3 Å². The molecule has 1 aliphatic heterocycles. The second-order valence-electron chi connectivity index (χ2n) is 14.8. The molecule has 0 N–H and O–H groups in total. The topological polar surface area (TPSA) is 108 Å². The van der Waals surface area contributed by atoms with Crippen molar-refractivity contribution in [1.82, 2.24) is 4.90 Å². The number of ether oxygens (including phenoxy) is 2. The Kier molecular flexibility index (Phi) is 14.2. The summed E-state index contributed by atoms with van der Waals surface area (Å²) in [5.74, 6) is -3.62. The van der Waals surface area contributed by atoms with Crippen LogP contribution in [0.15, 0.2) is 104 Å². The van der Waals surface area contributed by atoms with Gasteiger partial charge < -0.3 is 23.2 Å². The first kappa shape index (κ1) is 41.9. The minimum atomic E-state index is -3.24. The molecule has 12 heteroatoms. The minimum absolute atomic E-state index is 0.0967. The number of esters is 3. The van der Waals surface area contributed by atoms with Gasteiger partial charge in [0.25, 0.3) is 0 Å². The zero-order valence-electron chi connectivity index (χ0n) is 32.2. The van der Waals surface area contributed by atoms with Gasteiger partial charge in [-0.3, -0.25) is 14.4 Å². The van der Waals surface area contributed by atoms with Crippen LogP contribution in [0.25, 0.3) is 0 Å². The Labute approximate surface area is 319 Å². The number of carbonyl (C=O) groups is 4. The number of nitrogens with zero attached hydrogens (tertiary/aromatic N) is 1. The molecule has 1 aliphatic rings. The lowest BCUT2D eigenvalue weighted by Gasteiger charge is -2.54. The van der Waals surface area contributed by atoms with Crippen LogP contribution in [-0.4, -0.2) is 72.6 Å². The quantitative estimate of drug-likeness (QED) is 0.0400. The van der Waals surface area contributed by atoms with Crippen molar-refractivity contribution in [3.63, 3.8) is 0 Å². The van der Waals surface area contributed by atoms with Gasteiger partial charge in [0.15, 0.2) is 19.5 Å². The molecule has 0 unspecified atom stereocenters. The summed E-state index contributed by atoms with van der Waals surface area (Å²) in [5, 5.41) is 2.46. The summed E-state index contributed by atoms with van der Waals surface area (Å²) in [4.78, 5) is 58.2. The maximum absolute atomic E-state index is 15.1. The fraction of sp³-hybridized carbons (Fsp3) is 0.390. The van der Waals surface area contributed by atoms with Crippen molar-refractivity contribution in [3.05, 3.63) is 104 Å². The predicted molar refractivity (Wildman–Crippen MR) is 218 cm³/mol. The molecule has 4 rings (SSSR count). The van der Waals surface area contributed by atoms with Gasteiger partial charge in [-0.05, 0) is 42.6 Å². The van der Waals surface area contributed by atoms with Crippen molar-refractivity contribution in [2.75, 3.05) is 6.61 Å². The second-order valence-corrected chi connectivity index (χ2v) is 19.9. The summed E-state index contributed by atoms with van der Waals surface area (Å²) in [6.07, 6.45) is 0.621. The molecular formula is C41H54NO8PSi2. The molecule has 3 aromatic carbocycles. The van der Waals surface area contributed by atoms with Crippen molar-refractivity contribution in [2.45, 2.75) is 73.4 Å². The van der Waals surface area contributed by atoms with Gasteiger partial charge in [0.05, 0.1) is 23.8 Å². The van der Waals surface area contributed by atoms with Crippen molar-refractivity contribution in [2.24, 2.45) is 22.7 Å². The number of hydrogen-bond acceptors (Lipinski definition) is 8. The third kappa shape index (κ3) is 8.76. The van der Waals surface area contributed by atoms with Crippen LogP contribution in [0.3, 0.4) is 0 Å². The average molecular weight is 776 g/mol. The molecule has 0 aromatic heterocycles. The molecule has 1 amide bonds. The summed E-state index contributed by atoms with van der Waals surface area (Å²) in [6.45, 7) is 15.5. The number of carbonyl (C=O) groups excluding carboxylic acids is 4. The van der Waals surface area contributed by atoms with Crippen molar-refractivity contribution < 1.29 is 37.5 Å². The third-order valence-corrected chi connectivity index (χ3v) is 15.4. The molecular weight excluding hydrogens is 722 g/mol. The number of amides is 1. The first-order valence-corrected chi connectivity index (χ1v) is 24.0. The van der Waals surface area contributed by atoms with Gasteiger partial charge in [-0.25, -0.2) is 4.79 Å². The highest BCUT2D eigenvalue weighted by molar-refractivity contribution is 7.96. The van der Waals surface area contributed by atoms with Gasteiger partial charge in [0, 0.05) is 12.3 Å². The molecule has 0 bridgehead atoms. The van der Waals surface area contributed by atoms with Crippen LogP contribution >= 0.6 is 6.89 Å². The van der Waals surface area contributed by atoms with E-state index >= 15 is 4.79 Å². The first-order valence-electron chi connectivity index (χ1n) is 18.2. The lowest BCUT2D eigenvalue weighted by Crippen LogP contribution is -2.69. The Morgan fingerprint density at radius 1 is 0.830 bits per heavy atom. The van der Waals surface area contributed by atoms with E-state index in [-0.39, 0.29) is 30.3 Å². The Balaban J connectivity index is 2.10. The number of β-lactam (4-membered cyclic amide) rings is 1. The molecule has 0 aliphatic carbocycles. The van der Waals surface area contributed by atoms with Crippen LogP contribution in [0, 0.1) is 22.7 Å². The molecule has 0 saturated carbocycles. The van der Waals surface area contributed by atoms with Crippen LogP contribution in [0.2, 0.25) is 13.1 Å². The number of likely N-dealkylation sites (tertiary alicyclic amines) is 1. The van der Waals surface area contributed by atoms with Crippen LogP contribution in [0.1, 0.15) is 48.0 Å². The summed E-state index contributed by atoms with van der Waals surface area (Å²) in [7, 11) is -1.76. The lowest BCUT2D eigenvalue weighted by atomic mass is 9.65. The Hall–Kier alpha value is -3.87. The van der Waals surface area contributed by atoms with Gasteiger partial charge in [-0.2, -0.15) is 0 Å². The van der Waals surface area contributed by atoms with E-state index in [9.17, 15) is 14.4 Å². The molecule has 3 aromatic rings. The Bertz CT molecular complexity index is 1700. The fourth-order valence-corrected chi connectivity index (χ4v) is 13.1. The van der Waals surface area contributed by atoms with Crippen molar-refractivity contribution >= 4 is 71.6 Å². The van der Waals surface area contributed by atoms with E-state index in [0.29, 0.717) is 0 Å². The highest BCUT2D eigenvalue weighted by Crippen LogP contribution is 2.52. The van der Waals surface area contributed by atoms with Crippen molar-refractivity contribution in [1.29, 1.82) is 0 Å². The summed E-state index contributed by atoms with van der Waals surface area (Å²) in [6, 6.07) is 28.1. The smallest absolute Gasteiger partial charge is 0.356 e. The SMILES string of the molecule is C=CCOC(=O)C(N1C(=O)[C@@H]([C@@H](C)C(C)(C)C(O[SiH2]C)O[SiH2]C)[C@H]1CC(=O)OC(=O)C(C)(C)C)=P(c1ccccc1)(c1ccccc1)c1ccccc1. The normalized spacial score (nSPS) is 17.7. The monoisotopic (exact) mass is 775 g/mol. The third-order valence-electron chi connectivity index (χ3n) is 9.91. The number of benzene rings is 3. The number of hydrogen-bond donors (Lipinski definition) is 0. The molecule has 0 spiro atoms. The molecule has 1 saturated heterocycles. The average Bonchev–Trinajstić information content (AvgIpc) is 3.14. The summed E-state index contributed by atoms with van der Waals surface area (Å²) in [5.41, 5.74) is -1.45. The van der Waals surface area contributed by atoms with E-state index in [1.807, 2.05) is 125 Å². The molecule has 9 nitrogen and oxygen atoms in total. The second kappa shape index (κ2) is 18.0.